The summed E-state index contributed by atoms with van der Waals surface area (Å²) in [7, 11) is 4.33. The van der Waals surface area contributed by atoms with Gasteiger partial charge in [0.2, 0.25) is 0 Å². The number of hydrogen-bond acceptors (Lipinski definition) is 6. The van der Waals surface area contributed by atoms with Gasteiger partial charge < -0.3 is 14.8 Å². The number of hydrogen-bond donors (Lipinski definition) is 1. The van der Waals surface area contributed by atoms with Gasteiger partial charge in [0.15, 0.2) is 0 Å². The first-order chi connectivity index (χ1) is 13.6. The zero-order chi connectivity index (χ0) is 19.3. The molecule has 146 valence electrons. The molecule has 1 aromatic carbocycles. The molecule has 1 aromatic heterocycles. The summed E-state index contributed by atoms with van der Waals surface area (Å²) in [5.74, 6) is -0.263. The molecule has 0 radical (unpaired) electrons. The molecule has 0 aliphatic carbocycles. The summed E-state index contributed by atoms with van der Waals surface area (Å²) in [5, 5.41) is 2.14. The molecule has 1 saturated heterocycles. The quantitative estimate of drug-likeness (QED) is 0.880. The van der Waals surface area contributed by atoms with Gasteiger partial charge in [-0.15, -0.1) is 0 Å². The molecule has 1 unspecified atom stereocenters. The molecule has 0 amide bonds. The first-order valence-electron chi connectivity index (χ1n) is 9.73. The van der Waals surface area contributed by atoms with Crippen LogP contribution in [0.25, 0.3) is 0 Å². The van der Waals surface area contributed by atoms with E-state index >= 15 is 0 Å². The van der Waals surface area contributed by atoms with Gasteiger partial charge in [0.1, 0.15) is 12.0 Å². The third kappa shape index (κ3) is 2.82. The Morgan fingerprint density at radius 2 is 1.82 bits per heavy atom. The van der Waals surface area contributed by atoms with Crippen LogP contribution in [0.5, 0.6) is 0 Å². The van der Waals surface area contributed by atoms with Gasteiger partial charge in [-0.3, -0.25) is 9.88 Å². The fourth-order valence-electron chi connectivity index (χ4n) is 4.51. The fraction of sp³-hybridized carbons (Fsp3) is 0.381. The SMILES string of the molecule is CN1c2ccccc2N(C)C1CN1CCN2NC(c3ncccc3F)C=C2C1. The molecule has 3 aliphatic rings. The zero-order valence-corrected chi connectivity index (χ0v) is 16.2. The summed E-state index contributed by atoms with van der Waals surface area (Å²) >= 11 is 0. The van der Waals surface area contributed by atoms with Crippen LogP contribution in [0.3, 0.4) is 0 Å². The van der Waals surface area contributed by atoms with Gasteiger partial charge in [0.05, 0.1) is 23.1 Å². The number of hydrazine groups is 1. The molecule has 2 aromatic rings. The Morgan fingerprint density at radius 3 is 2.54 bits per heavy atom. The van der Waals surface area contributed by atoms with Crippen molar-refractivity contribution in [2.24, 2.45) is 0 Å². The third-order valence-corrected chi connectivity index (χ3v) is 6.06. The van der Waals surface area contributed by atoms with E-state index in [4.69, 9.17) is 0 Å². The molecule has 7 heteroatoms. The lowest BCUT2D eigenvalue weighted by molar-refractivity contribution is 0.138. The highest BCUT2D eigenvalue weighted by molar-refractivity contribution is 5.76. The zero-order valence-electron chi connectivity index (χ0n) is 16.2. The van der Waals surface area contributed by atoms with Crippen LogP contribution in [0.4, 0.5) is 15.8 Å². The Labute approximate surface area is 164 Å². The van der Waals surface area contributed by atoms with Crippen molar-refractivity contribution >= 4 is 11.4 Å². The van der Waals surface area contributed by atoms with E-state index in [9.17, 15) is 4.39 Å². The second-order valence-electron chi connectivity index (χ2n) is 7.71. The minimum Gasteiger partial charge on any atom is -0.351 e. The molecule has 28 heavy (non-hydrogen) atoms. The fourth-order valence-corrected chi connectivity index (χ4v) is 4.51. The number of likely N-dealkylation sites (N-methyl/N-ethyl adjacent to an activating group) is 2. The molecule has 5 rings (SSSR count). The molecule has 1 atom stereocenters. The Morgan fingerprint density at radius 1 is 1.07 bits per heavy atom. The number of nitrogens with zero attached hydrogens (tertiary/aromatic N) is 5. The maximum absolute atomic E-state index is 14.1. The Balaban J connectivity index is 1.30. The summed E-state index contributed by atoms with van der Waals surface area (Å²) in [6.07, 6.45) is 4.06. The van der Waals surface area contributed by atoms with Gasteiger partial charge in [0.25, 0.3) is 0 Å². The summed E-state index contributed by atoms with van der Waals surface area (Å²) < 4.78 is 14.1. The van der Waals surface area contributed by atoms with Crippen molar-refractivity contribution in [2.45, 2.75) is 12.2 Å². The van der Waals surface area contributed by atoms with Crippen molar-refractivity contribution in [1.82, 2.24) is 20.3 Å². The number of fused-ring (bicyclic) bond motifs is 2. The number of benzene rings is 1. The minimum atomic E-state index is -0.263. The standard InChI is InChI=1S/C21H25FN6/c1-25-18-7-3-4-8-19(18)26(2)20(25)14-27-10-11-28-15(13-27)12-17(24-28)21-16(22)6-5-9-23-21/h3-9,12,17,20,24H,10-11,13-14H2,1-2H3. The summed E-state index contributed by atoms with van der Waals surface area (Å²) in [4.78, 5) is 11.4. The number of piperazine rings is 1. The predicted molar refractivity (Wildman–Crippen MR) is 108 cm³/mol. The molecular formula is C21H25FN6. The number of para-hydroxylation sites is 2. The van der Waals surface area contributed by atoms with Crippen LogP contribution in [0.1, 0.15) is 11.7 Å². The number of rotatable bonds is 3. The van der Waals surface area contributed by atoms with Crippen molar-refractivity contribution in [3.05, 3.63) is 65.9 Å². The van der Waals surface area contributed by atoms with Gasteiger partial charge in [0, 0.05) is 52.2 Å². The van der Waals surface area contributed by atoms with E-state index < -0.39 is 0 Å². The van der Waals surface area contributed by atoms with Crippen LogP contribution in [-0.4, -0.2) is 61.3 Å². The molecule has 6 nitrogen and oxygen atoms in total. The third-order valence-electron chi connectivity index (χ3n) is 6.06. The van der Waals surface area contributed by atoms with Crippen LogP contribution < -0.4 is 15.2 Å². The lowest BCUT2D eigenvalue weighted by atomic mass is 10.1. The van der Waals surface area contributed by atoms with E-state index in [1.165, 1.54) is 23.1 Å². The predicted octanol–water partition coefficient (Wildman–Crippen LogP) is 2.19. The molecule has 1 N–H and O–H groups in total. The largest absolute Gasteiger partial charge is 0.351 e. The number of anilines is 2. The molecule has 0 spiro atoms. The molecule has 1 fully saturated rings. The normalized spacial score (nSPS) is 22.5. The van der Waals surface area contributed by atoms with Crippen LogP contribution in [0.2, 0.25) is 0 Å². The van der Waals surface area contributed by atoms with Crippen molar-refractivity contribution in [3.63, 3.8) is 0 Å². The summed E-state index contributed by atoms with van der Waals surface area (Å²) in [6, 6.07) is 11.4. The van der Waals surface area contributed by atoms with Gasteiger partial charge in [-0.2, -0.15) is 0 Å². The summed E-state index contributed by atoms with van der Waals surface area (Å²) in [5.41, 5.74) is 7.60. The maximum atomic E-state index is 14.1. The van der Waals surface area contributed by atoms with Crippen LogP contribution in [0, 0.1) is 5.82 Å². The highest BCUT2D eigenvalue weighted by atomic mass is 19.1. The second kappa shape index (κ2) is 6.76. The first kappa shape index (κ1) is 17.5. The van der Waals surface area contributed by atoms with Crippen molar-refractivity contribution < 1.29 is 4.39 Å². The van der Waals surface area contributed by atoms with E-state index in [1.54, 1.807) is 12.3 Å². The minimum absolute atomic E-state index is 0.197. The van der Waals surface area contributed by atoms with E-state index in [0.29, 0.717) is 11.9 Å². The van der Waals surface area contributed by atoms with Crippen molar-refractivity contribution in [3.8, 4) is 0 Å². The molecule has 3 aliphatic heterocycles. The monoisotopic (exact) mass is 380 g/mol. The van der Waals surface area contributed by atoms with Crippen molar-refractivity contribution in [2.75, 3.05) is 50.1 Å². The molecular weight excluding hydrogens is 355 g/mol. The van der Waals surface area contributed by atoms with Crippen LogP contribution in [-0.2, 0) is 0 Å². The van der Waals surface area contributed by atoms with Gasteiger partial charge in [-0.05, 0) is 30.3 Å². The lowest BCUT2D eigenvalue weighted by Crippen LogP contribution is -2.53. The molecule has 0 bridgehead atoms. The van der Waals surface area contributed by atoms with E-state index in [2.05, 4.69) is 74.6 Å². The second-order valence-corrected chi connectivity index (χ2v) is 7.71. The van der Waals surface area contributed by atoms with Crippen LogP contribution >= 0.6 is 0 Å². The smallest absolute Gasteiger partial charge is 0.146 e. The van der Waals surface area contributed by atoms with Gasteiger partial charge >= 0.3 is 0 Å². The highest BCUT2D eigenvalue weighted by Gasteiger charge is 2.35. The Bertz CT molecular complexity index is 886. The van der Waals surface area contributed by atoms with Gasteiger partial charge in [-0.1, -0.05) is 12.1 Å². The van der Waals surface area contributed by atoms with Crippen LogP contribution in [0.15, 0.2) is 54.4 Å². The Hall–Kier alpha value is -2.64. The Kier molecular flexibility index (Phi) is 4.21. The van der Waals surface area contributed by atoms with E-state index in [0.717, 1.165) is 26.2 Å². The average Bonchev–Trinajstić information content (AvgIpc) is 3.23. The number of nitrogens with one attached hydrogen (secondary N) is 1. The average molecular weight is 380 g/mol. The topological polar surface area (TPSA) is 37.9 Å². The molecule has 4 heterocycles. The lowest BCUT2D eigenvalue weighted by Gasteiger charge is -2.39. The number of pyridine rings is 1. The first-order valence-corrected chi connectivity index (χ1v) is 9.73. The van der Waals surface area contributed by atoms with E-state index in [1.807, 2.05) is 0 Å². The molecule has 0 saturated carbocycles. The van der Waals surface area contributed by atoms with Crippen molar-refractivity contribution in [1.29, 1.82) is 0 Å². The maximum Gasteiger partial charge on any atom is 0.146 e. The van der Waals surface area contributed by atoms with E-state index in [-0.39, 0.29) is 11.9 Å². The van der Waals surface area contributed by atoms with Gasteiger partial charge in [-0.25, -0.2) is 9.82 Å². The number of halogens is 1. The summed E-state index contributed by atoms with van der Waals surface area (Å²) in [6.45, 7) is 3.65. The highest BCUT2D eigenvalue weighted by Crippen LogP contribution is 2.37. The number of aromatic nitrogens is 1.